The standard InChI is InChI=1S/C16H17BrFNO/c1-3-19-11(2)16-14(18)5-4-6-15(16)20-13-9-7-12(17)8-10-13/h4-11,19H,3H2,1-2H3. The van der Waals surface area contributed by atoms with E-state index in [1.165, 1.54) is 6.07 Å². The van der Waals surface area contributed by atoms with Crippen LogP contribution in [0.15, 0.2) is 46.9 Å². The quantitative estimate of drug-likeness (QED) is 0.824. The molecule has 106 valence electrons. The summed E-state index contributed by atoms with van der Waals surface area (Å²) < 4.78 is 20.9. The zero-order valence-corrected chi connectivity index (χ0v) is 13.1. The first-order valence-electron chi connectivity index (χ1n) is 6.57. The number of ether oxygens (including phenoxy) is 1. The van der Waals surface area contributed by atoms with Gasteiger partial charge in [-0.1, -0.05) is 28.9 Å². The van der Waals surface area contributed by atoms with Crippen LogP contribution in [-0.2, 0) is 0 Å². The van der Waals surface area contributed by atoms with Crippen LogP contribution in [0.25, 0.3) is 0 Å². The van der Waals surface area contributed by atoms with Crippen molar-refractivity contribution in [1.29, 1.82) is 0 Å². The maximum Gasteiger partial charge on any atom is 0.135 e. The average molecular weight is 338 g/mol. The maximum absolute atomic E-state index is 14.1. The number of rotatable bonds is 5. The van der Waals surface area contributed by atoms with Gasteiger partial charge in [-0.3, -0.25) is 0 Å². The largest absolute Gasteiger partial charge is 0.457 e. The lowest BCUT2D eigenvalue weighted by molar-refractivity contribution is 0.448. The molecule has 1 N–H and O–H groups in total. The van der Waals surface area contributed by atoms with E-state index in [2.05, 4.69) is 21.2 Å². The summed E-state index contributed by atoms with van der Waals surface area (Å²) in [6.45, 7) is 4.69. The normalized spacial score (nSPS) is 12.2. The van der Waals surface area contributed by atoms with Gasteiger partial charge in [0.1, 0.15) is 17.3 Å². The molecule has 0 spiro atoms. The Morgan fingerprint density at radius 2 is 1.90 bits per heavy atom. The molecule has 0 fully saturated rings. The summed E-state index contributed by atoms with van der Waals surface area (Å²) in [5.74, 6) is 0.970. The summed E-state index contributed by atoms with van der Waals surface area (Å²) in [5.41, 5.74) is 0.553. The zero-order chi connectivity index (χ0) is 14.5. The van der Waals surface area contributed by atoms with E-state index < -0.39 is 0 Å². The zero-order valence-electron chi connectivity index (χ0n) is 11.5. The maximum atomic E-state index is 14.1. The highest BCUT2D eigenvalue weighted by Gasteiger charge is 2.16. The van der Waals surface area contributed by atoms with E-state index in [4.69, 9.17) is 4.74 Å². The predicted octanol–water partition coefficient (Wildman–Crippen LogP) is 5.05. The highest BCUT2D eigenvalue weighted by molar-refractivity contribution is 9.10. The van der Waals surface area contributed by atoms with E-state index in [0.717, 1.165) is 11.0 Å². The minimum Gasteiger partial charge on any atom is -0.457 e. The van der Waals surface area contributed by atoms with Gasteiger partial charge in [0.25, 0.3) is 0 Å². The van der Waals surface area contributed by atoms with Gasteiger partial charge >= 0.3 is 0 Å². The van der Waals surface area contributed by atoms with Crippen LogP contribution in [-0.4, -0.2) is 6.54 Å². The minimum absolute atomic E-state index is 0.105. The first-order valence-corrected chi connectivity index (χ1v) is 7.36. The number of benzene rings is 2. The van der Waals surface area contributed by atoms with Crippen LogP contribution in [0.1, 0.15) is 25.5 Å². The number of halogens is 2. The fraction of sp³-hybridized carbons (Fsp3) is 0.250. The van der Waals surface area contributed by atoms with Gasteiger partial charge in [0.15, 0.2) is 0 Å². The van der Waals surface area contributed by atoms with Gasteiger partial charge in [-0.2, -0.15) is 0 Å². The Morgan fingerprint density at radius 1 is 1.20 bits per heavy atom. The molecule has 0 aliphatic carbocycles. The van der Waals surface area contributed by atoms with E-state index in [0.29, 0.717) is 17.1 Å². The molecule has 0 bridgehead atoms. The highest BCUT2D eigenvalue weighted by Crippen LogP contribution is 2.32. The summed E-state index contributed by atoms with van der Waals surface area (Å²) in [4.78, 5) is 0. The van der Waals surface area contributed by atoms with Crippen molar-refractivity contribution in [2.75, 3.05) is 6.54 Å². The van der Waals surface area contributed by atoms with Crippen molar-refractivity contribution in [2.45, 2.75) is 19.9 Å². The smallest absolute Gasteiger partial charge is 0.135 e. The van der Waals surface area contributed by atoms with Crippen molar-refractivity contribution in [1.82, 2.24) is 5.32 Å². The van der Waals surface area contributed by atoms with Crippen LogP contribution in [0.2, 0.25) is 0 Å². The lowest BCUT2D eigenvalue weighted by Crippen LogP contribution is -2.19. The Bertz CT molecular complexity index is 571. The van der Waals surface area contributed by atoms with Crippen molar-refractivity contribution in [3.8, 4) is 11.5 Å². The Hall–Kier alpha value is -1.39. The second-order valence-electron chi connectivity index (χ2n) is 4.49. The fourth-order valence-electron chi connectivity index (χ4n) is 2.06. The minimum atomic E-state index is -0.256. The molecule has 0 amide bonds. The molecule has 0 aliphatic rings. The third kappa shape index (κ3) is 3.58. The molecular formula is C16H17BrFNO. The molecule has 0 heterocycles. The van der Waals surface area contributed by atoms with Crippen molar-refractivity contribution < 1.29 is 9.13 Å². The Labute approximate surface area is 127 Å². The number of hydrogen-bond acceptors (Lipinski definition) is 2. The van der Waals surface area contributed by atoms with Gasteiger partial charge in [-0.15, -0.1) is 0 Å². The molecule has 4 heteroatoms. The van der Waals surface area contributed by atoms with Gasteiger partial charge in [-0.05, 0) is 49.9 Å². The van der Waals surface area contributed by atoms with Crippen LogP contribution in [0, 0.1) is 5.82 Å². The van der Waals surface area contributed by atoms with Crippen molar-refractivity contribution in [3.05, 3.63) is 58.3 Å². The summed E-state index contributed by atoms with van der Waals surface area (Å²) in [7, 11) is 0. The molecule has 0 aromatic heterocycles. The van der Waals surface area contributed by atoms with Crippen LogP contribution < -0.4 is 10.1 Å². The molecule has 2 aromatic rings. The molecule has 2 nitrogen and oxygen atoms in total. The second-order valence-corrected chi connectivity index (χ2v) is 5.40. The van der Waals surface area contributed by atoms with Crippen molar-refractivity contribution in [2.24, 2.45) is 0 Å². The lowest BCUT2D eigenvalue weighted by Gasteiger charge is -2.18. The van der Waals surface area contributed by atoms with Gasteiger partial charge in [0.05, 0.1) is 0 Å². The first-order chi connectivity index (χ1) is 9.61. The van der Waals surface area contributed by atoms with Gasteiger partial charge in [0, 0.05) is 16.1 Å². The topological polar surface area (TPSA) is 21.3 Å². The fourth-order valence-corrected chi connectivity index (χ4v) is 2.33. The SMILES string of the molecule is CCNC(C)c1c(F)cccc1Oc1ccc(Br)cc1. The first kappa shape index (κ1) is 15.0. The van der Waals surface area contributed by atoms with Gasteiger partial charge in [0.2, 0.25) is 0 Å². The van der Waals surface area contributed by atoms with Crippen molar-refractivity contribution in [3.63, 3.8) is 0 Å². The molecule has 0 saturated carbocycles. The Morgan fingerprint density at radius 3 is 2.55 bits per heavy atom. The van der Waals surface area contributed by atoms with Crippen LogP contribution >= 0.6 is 15.9 Å². The summed E-state index contributed by atoms with van der Waals surface area (Å²) in [6, 6.07) is 12.3. The predicted molar refractivity (Wildman–Crippen MR) is 82.7 cm³/mol. The van der Waals surface area contributed by atoms with E-state index in [1.54, 1.807) is 12.1 Å². The molecule has 1 atom stereocenters. The van der Waals surface area contributed by atoms with Crippen molar-refractivity contribution >= 4 is 15.9 Å². The number of hydrogen-bond donors (Lipinski definition) is 1. The summed E-state index contributed by atoms with van der Waals surface area (Å²) >= 11 is 3.38. The van der Waals surface area contributed by atoms with E-state index >= 15 is 0 Å². The van der Waals surface area contributed by atoms with Gasteiger partial charge < -0.3 is 10.1 Å². The van der Waals surface area contributed by atoms with E-state index in [9.17, 15) is 4.39 Å². The number of nitrogens with one attached hydrogen (secondary N) is 1. The summed E-state index contributed by atoms with van der Waals surface area (Å²) in [6.07, 6.45) is 0. The van der Waals surface area contributed by atoms with Crippen LogP contribution in [0.4, 0.5) is 4.39 Å². The summed E-state index contributed by atoms with van der Waals surface area (Å²) in [5, 5.41) is 3.21. The Kier molecular flexibility index (Phi) is 5.15. The monoisotopic (exact) mass is 337 g/mol. The molecule has 0 aliphatic heterocycles. The van der Waals surface area contributed by atoms with Gasteiger partial charge in [-0.25, -0.2) is 4.39 Å². The Balaban J connectivity index is 2.31. The molecule has 1 unspecified atom stereocenters. The molecule has 2 rings (SSSR count). The third-order valence-corrected chi connectivity index (χ3v) is 3.53. The molecular weight excluding hydrogens is 321 g/mol. The van der Waals surface area contributed by atoms with Crippen LogP contribution in [0.3, 0.4) is 0 Å². The average Bonchev–Trinajstić information content (AvgIpc) is 2.42. The van der Waals surface area contributed by atoms with Crippen LogP contribution in [0.5, 0.6) is 11.5 Å². The second kappa shape index (κ2) is 6.86. The van der Waals surface area contributed by atoms with E-state index in [1.807, 2.05) is 38.1 Å². The van der Waals surface area contributed by atoms with E-state index in [-0.39, 0.29) is 11.9 Å². The third-order valence-electron chi connectivity index (χ3n) is 3.00. The lowest BCUT2D eigenvalue weighted by atomic mass is 10.1. The molecule has 2 aromatic carbocycles. The molecule has 20 heavy (non-hydrogen) atoms. The molecule has 0 radical (unpaired) electrons. The molecule has 0 saturated heterocycles. The highest BCUT2D eigenvalue weighted by atomic mass is 79.9.